The first-order valence-electron chi connectivity index (χ1n) is 2.62. The van der Waals surface area contributed by atoms with Gasteiger partial charge in [0.05, 0.1) is 6.33 Å². The largest absolute Gasteiger partial charge is 0.382 e. The molecular weight excluding hydrogens is 107 g/mol. The summed E-state index contributed by atoms with van der Waals surface area (Å²) in [5.41, 5.74) is 0. The third-order valence-corrected chi connectivity index (χ3v) is 0.408. The molecule has 0 aliphatic rings. The smallest absolute Gasteiger partial charge is 0.0795 e. The van der Waals surface area contributed by atoms with Crippen molar-refractivity contribution in [2.75, 3.05) is 13.2 Å². The van der Waals surface area contributed by atoms with Crippen molar-refractivity contribution in [3.8, 4) is 0 Å². The molecule has 0 aliphatic heterocycles. The Morgan fingerprint density at radius 3 is 1.75 bits per heavy atom. The summed E-state index contributed by atoms with van der Waals surface area (Å²) in [6.07, 6.45) is 0.250. The summed E-state index contributed by atoms with van der Waals surface area (Å²) < 4.78 is 14.9. The maximum atomic E-state index is 10.1. The zero-order valence-corrected chi connectivity index (χ0v) is 5.48. The molecule has 0 saturated heterocycles. The molecular formula is C6H13FO. The Morgan fingerprint density at radius 2 is 1.75 bits per heavy atom. The van der Waals surface area contributed by atoms with Crippen LogP contribution in [0.1, 0.15) is 13.8 Å². The van der Waals surface area contributed by atoms with E-state index in [1.165, 1.54) is 0 Å². The molecule has 0 fully saturated rings. The van der Waals surface area contributed by atoms with E-state index in [4.69, 9.17) is 4.74 Å². The van der Waals surface area contributed by atoms with E-state index < -0.39 is 0 Å². The van der Waals surface area contributed by atoms with Crippen LogP contribution in [0, 0.1) is 0 Å². The van der Waals surface area contributed by atoms with E-state index in [0.29, 0.717) is 0 Å². The summed E-state index contributed by atoms with van der Waals surface area (Å²) in [5, 5.41) is 0. The van der Waals surface area contributed by atoms with Crippen LogP contribution in [0.5, 0.6) is 0 Å². The Hall–Kier alpha value is -0.370. The highest BCUT2D eigenvalue weighted by Crippen LogP contribution is 1.64. The van der Waals surface area contributed by atoms with Crippen LogP contribution in [0.4, 0.5) is 4.39 Å². The summed E-state index contributed by atoms with van der Waals surface area (Å²) in [7, 11) is 0. The zero-order valence-electron chi connectivity index (χ0n) is 5.48. The highest BCUT2D eigenvalue weighted by molar-refractivity contribution is 4.39. The van der Waals surface area contributed by atoms with Crippen molar-refractivity contribution in [3.63, 3.8) is 0 Å². The first kappa shape index (κ1) is 10.6. The predicted octanol–water partition coefficient (Wildman–Crippen LogP) is 2.14. The highest BCUT2D eigenvalue weighted by Gasteiger charge is 1.64. The molecule has 0 aliphatic carbocycles. The fourth-order valence-corrected chi connectivity index (χ4v) is 0.204. The summed E-state index contributed by atoms with van der Waals surface area (Å²) in [4.78, 5) is 0. The van der Waals surface area contributed by atoms with E-state index in [2.05, 4.69) is 6.58 Å². The SMILES string of the molecule is C=CF.CCOCC. The summed E-state index contributed by atoms with van der Waals surface area (Å²) >= 11 is 0. The lowest BCUT2D eigenvalue weighted by molar-refractivity contribution is 0.162. The van der Waals surface area contributed by atoms with Crippen LogP contribution in [0.25, 0.3) is 0 Å². The van der Waals surface area contributed by atoms with E-state index in [0.717, 1.165) is 13.2 Å². The van der Waals surface area contributed by atoms with Crippen LogP contribution < -0.4 is 0 Å². The molecule has 0 heterocycles. The van der Waals surface area contributed by atoms with Gasteiger partial charge in [-0.15, -0.1) is 0 Å². The van der Waals surface area contributed by atoms with Gasteiger partial charge in [0, 0.05) is 13.2 Å². The molecule has 0 amide bonds. The average Bonchev–Trinajstić information content (AvgIpc) is 1.71. The molecule has 1 nitrogen and oxygen atoms in total. The highest BCUT2D eigenvalue weighted by atomic mass is 19.1. The van der Waals surface area contributed by atoms with Crippen molar-refractivity contribution in [2.24, 2.45) is 0 Å². The molecule has 0 aromatic rings. The Bertz CT molecular complexity index is 35.5. The Kier molecular flexibility index (Phi) is 21.1. The number of hydrogen-bond donors (Lipinski definition) is 0. The van der Waals surface area contributed by atoms with Crippen molar-refractivity contribution in [1.29, 1.82) is 0 Å². The topological polar surface area (TPSA) is 9.23 Å². The zero-order chi connectivity index (χ0) is 6.83. The van der Waals surface area contributed by atoms with Crippen LogP contribution in [-0.2, 0) is 4.74 Å². The van der Waals surface area contributed by atoms with Gasteiger partial charge in [-0.3, -0.25) is 0 Å². The minimum absolute atomic E-state index is 0.250. The fourth-order valence-electron chi connectivity index (χ4n) is 0.204. The Labute approximate surface area is 50.2 Å². The van der Waals surface area contributed by atoms with Gasteiger partial charge in [-0.25, -0.2) is 4.39 Å². The minimum atomic E-state index is 0.250. The molecule has 8 heavy (non-hydrogen) atoms. The number of hydrogen-bond acceptors (Lipinski definition) is 1. The molecule has 2 heteroatoms. The number of ether oxygens (including phenoxy) is 1. The van der Waals surface area contributed by atoms with E-state index in [9.17, 15) is 4.39 Å². The van der Waals surface area contributed by atoms with Crippen molar-refractivity contribution in [1.82, 2.24) is 0 Å². The molecule has 50 valence electrons. The average molecular weight is 120 g/mol. The second-order valence-corrected chi connectivity index (χ2v) is 0.936. The summed E-state index contributed by atoms with van der Waals surface area (Å²) in [6, 6.07) is 0. The van der Waals surface area contributed by atoms with Gasteiger partial charge in [-0.1, -0.05) is 6.58 Å². The van der Waals surface area contributed by atoms with Gasteiger partial charge < -0.3 is 4.74 Å². The van der Waals surface area contributed by atoms with Crippen LogP contribution in [0.2, 0.25) is 0 Å². The number of rotatable bonds is 2. The normalized spacial score (nSPS) is 6.88. The summed E-state index contributed by atoms with van der Waals surface area (Å²) in [5.74, 6) is 0. The van der Waals surface area contributed by atoms with Gasteiger partial charge >= 0.3 is 0 Å². The van der Waals surface area contributed by atoms with Gasteiger partial charge in [0.1, 0.15) is 0 Å². The molecule has 0 aromatic heterocycles. The second kappa shape index (κ2) is 15.9. The molecule has 0 aromatic carbocycles. The molecule has 0 N–H and O–H groups in total. The third kappa shape index (κ3) is 45.4. The molecule has 0 atom stereocenters. The fraction of sp³-hybridized carbons (Fsp3) is 0.667. The number of halogens is 1. The maximum Gasteiger partial charge on any atom is 0.0795 e. The van der Waals surface area contributed by atoms with E-state index in [-0.39, 0.29) is 6.33 Å². The van der Waals surface area contributed by atoms with Crippen molar-refractivity contribution < 1.29 is 9.13 Å². The quantitative estimate of drug-likeness (QED) is 0.542. The van der Waals surface area contributed by atoms with E-state index in [1.54, 1.807) is 0 Å². The molecule has 0 rings (SSSR count). The van der Waals surface area contributed by atoms with Crippen molar-refractivity contribution in [3.05, 3.63) is 12.9 Å². The van der Waals surface area contributed by atoms with E-state index in [1.807, 2.05) is 13.8 Å². The van der Waals surface area contributed by atoms with Gasteiger partial charge in [0.25, 0.3) is 0 Å². The first-order valence-corrected chi connectivity index (χ1v) is 2.62. The molecule has 0 unspecified atom stereocenters. The first-order chi connectivity index (χ1) is 3.83. The monoisotopic (exact) mass is 120 g/mol. The predicted molar refractivity (Wildman–Crippen MR) is 33.5 cm³/mol. The van der Waals surface area contributed by atoms with Gasteiger partial charge in [-0.05, 0) is 13.8 Å². The Balaban J connectivity index is 0. The molecule has 0 radical (unpaired) electrons. The summed E-state index contributed by atoms with van der Waals surface area (Å²) in [6.45, 7) is 8.36. The molecule has 0 saturated carbocycles. The van der Waals surface area contributed by atoms with Gasteiger partial charge in [0.15, 0.2) is 0 Å². The van der Waals surface area contributed by atoms with Gasteiger partial charge in [0.2, 0.25) is 0 Å². The Morgan fingerprint density at radius 1 is 1.50 bits per heavy atom. The standard InChI is InChI=1S/C4H10O.C2H3F/c1-3-5-4-2;1-2-3/h3-4H2,1-2H3;2H,1H2. The molecule has 0 bridgehead atoms. The van der Waals surface area contributed by atoms with Gasteiger partial charge in [-0.2, -0.15) is 0 Å². The second-order valence-electron chi connectivity index (χ2n) is 0.936. The van der Waals surface area contributed by atoms with Crippen LogP contribution >= 0.6 is 0 Å². The lowest BCUT2D eigenvalue weighted by Gasteiger charge is -1.86. The minimum Gasteiger partial charge on any atom is -0.382 e. The van der Waals surface area contributed by atoms with Crippen molar-refractivity contribution >= 4 is 0 Å². The van der Waals surface area contributed by atoms with Crippen molar-refractivity contribution in [2.45, 2.75) is 13.8 Å². The van der Waals surface area contributed by atoms with Crippen LogP contribution in [-0.4, -0.2) is 13.2 Å². The maximum absolute atomic E-state index is 10.1. The third-order valence-electron chi connectivity index (χ3n) is 0.408. The lowest BCUT2D eigenvalue weighted by atomic mass is 10.8. The van der Waals surface area contributed by atoms with Crippen LogP contribution in [0.3, 0.4) is 0 Å². The molecule has 0 spiro atoms. The lowest BCUT2D eigenvalue weighted by Crippen LogP contribution is -1.84. The van der Waals surface area contributed by atoms with E-state index >= 15 is 0 Å². The van der Waals surface area contributed by atoms with Crippen LogP contribution in [0.15, 0.2) is 12.9 Å².